The lowest BCUT2D eigenvalue weighted by molar-refractivity contribution is 0.0925. The summed E-state index contributed by atoms with van der Waals surface area (Å²) in [5, 5.41) is 2.77. The molecule has 4 aromatic rings. The number of benzene rings is 1. The monoisotopic (exact) mass is 391 g/mol. The largest absolute Gasteiger partial charge is 0.445 e. The summed E-state index contributed by atoms with van der Waals surface area (Å²) < 4.78 is 20.5. The maximum atomic E-state index is 13.1. The SMILES string of the molecule is Cn1cc(Cc2ccc(F)cc2)c(=O)c2oc(C(=O)NCc3ccncc3)cc21. The molecule has 0 radical (unpaired) electrons. The Morgan fingerprint density at radius 1 is 1.14 bits per heavy atom. The van der Waals surface area contributed by atoms with Gasteiger partial charge in [0.15, 0.2) is 11.3 Å². The summed E-state index contributed by atoms with van der Waals surface area (Å²) in [7, 11) is 1.78. The van der Waals surface area contributed by atoms with Crippen LogP contribution >= 0.6 is 0 Å². The number of carbonyl (C=O) groups excluding carboxylic acids is 1. The molecule has 4 rings (SSSR count). The Hall–Kier alpha value is -3.74. The number of hydrogen-bond acceptors (Lipinski definition) is 4. The van der Waals surface area contributed by atoms with E-state index < -0.39 is 5.91 Å². The number of furan rings is 1. The minimum absolute atomic E-state index is 0.0701. The average molecular weight is 391 g/mol. The van der Waals surface area contributed by atoms with Crippen LogP contribution < -0.4 is 10.7 Å². The quantitative estimate of drug-likeness (QED) is 0.567. The smallest absolute Gasteiger partial charge is 0.287 e. The van der Waals surface area contributed by atoms with Gasteiger partial charge >= 0.3 is 0 Å². The Bertz CT molecular complexity index is 1230. The third-order valence-corrected chi connectivity index (χ3v) is 4.67. The molecule has 0 spiro atoms. The van der Waals surface area contributed by atoms with E-state index in [-0.39, 0.29) is 22.6 Å². The molecule has 1 amide bonds. The summed E-state index contributed by atoms with van der Waals surface area (Å²) in [6, 6.07) is 11.2. The van der Waals surface area contributed by atoms with Crippen LogP contribution in [0.15, 0.2) is 70.3 Å². The molecular formula is C22H18FN3O3. The van der Waals surface area contributed by atoms with Crippen molar-refractivity contribution in [2.45, 2.75) is 13.0 Å². The summed E-state index contributed by atoms with van der Waals surface area (Å²) in [5.74, 6) is -0.663. The van der Waals surface area contributed by atoms with E-state index in [4.69, 9.17) is 4.42 Å². The standard InChI is InChI=1S/C22H18FN3O3/c1-26-13-16(10-14-2-4-17(23)5-3-14)20(27)21-18(26)11-19(29-21)22(28)25-12-15-6-8-24-9-7-15/h2-9,11,13H,10,12H2,1H3,(H,25,28). The van der Waals surface area contributed by atoms with Gasteiger partial charge in [0.1, 0.15) is 5.82 Å². The second kappa shape index (κ2) is 7.71. The van der Waals surface area contributed by atoms with Crippen molar-refractivity contribution >= 4 is 17.0 Å². The number of amides is 1. The van der Waals surface area contributed by atoms with Crippen molar-refractivity contribution in [2.75, 3.05) is 0 Å². The van der Waals surface area contributed by atoms with Gasteiger partial charge in [-0.2, -0.15) is 0 Å². The van der Waals surface area contributed by atoms with Crippen LogP contribution in [0.3, 0.4) is 0 Å². The van der Waals surface area contributed by atoms with Crippen LogP contribution in [-0.4, -0.2) is 15.5 Å². The number of rotatable bonds is 5. The third-order valence-electron chi connectivity index (χ3n) is 4.67. The number of nitrogens with zero attached hydrogens (tertiary/aromatic N) is 2. The average Bonchev–Trinajstić information content (AvgIpc) is 3.19. The van der Waals surface area contributed by atoms with Gasteiger partial charge in [0.05, 0.1) is 5.52 Å². The number of pyridine rings is 2. The lowest BCUT2D eigenvalue weighted by atomic mass is 10.1. The van der Waals surface area contributed by atoms with E-state index in [2.05, 4.69) is 10.3 Å². The van der Waals surface area contributed by atoms with Gasteiger partial charge in [-0.1, -0.05) is 12.1 Å². The van der Waals surface area contributed by atoms with Crippen molar-refractivity contribution in [1.29, 1.82) is 0 Å². The van der Waals surface area contributed by atoms with E-state index in [9.17, 15) is 14.0 Å². The highest BCUT2D eigenvalue weighted by molar-refractivity contribution is 5.95. The van der Waals surface area contributed by atoms with Crippen LogP contribution in [0.25, 0.3) is 11.1 Å². The first-order chi connectivity index (χ1) is 14.0. The van der Waals surface area contributed by atoms with E-state index in [1.54, 1.807) is 60.5 Å². The Balaban J connectivity index is 1.60. The molecule has 0 aliphatic heterocycles. The highest BCUT2D eigenvalue weighted by atomic mass is 19.1. The minimum atomic E-state index is -0.405. The van der Waals surface area contributed by atoms with Gasteiger partial charge in [-0.25, -0.2) is 4.39 Å². The molecule has 3 heterocycles. The van der Waals surface area contributed by atoms with Crippen LogP contribution in [-0.2, 0) is 20.0 Å². The Labute approximate surface area is 165 Å². The molecule has 0 aliphatic rings. The molecule has 29 heavy (non-hydrogen) atoms. The van der Waals surface area contributed by atoms with Crippen molar-refractivity contribution in [3.8, 4) is 0 Å². The van der Waals surface area contributed by atoms with Crippen molar-refractivity contribution in [1.82, 2.24) is 14.9 Å². The third kappa shape index (κ3) is 3.94. The van der Waals surface area contributed by atoms with Gasteiger partial charge in [0.25, 0.3) is 5.91 Å². The van der Waals surface area contributed by atoms with Crippen molar-refractivity contribution in [2.24, 2.45) is 7.05 Å². The van der Waals surface area contributed by atoms with Crippen LogP contribution in [0.1, 0.15) is 27.2 Å². The fraction of sp³-hybridized carbons (Fsp3) is 0.136. The lowest BCUT2D eigenvalue weighted by Gasteiger charge is -2.05. The highest BCUT2D eigenvalue weighted by Gasteiger charge is 2.17. The topological polar surface area (TPSA) is 77.1 Å². The predicted octanol–water partition coefficient (Wildman–Crippen LogP) is 3.19. The van der Waals surface area contributed by atoms with Gasteiger partial charge in [-0.3, -0.25) is 14.6 Å². The number of nitrogens with one attached hydrogen (secondary N) is 1. The summed E-state index contributed by atoms with van der Waals surface area (Å²) in [4.78, 5) is 29.2. The zero-order valence-electron chi connectivity index (χ0n) is 15.7. The number of hydrogen-bond donors (Lipinski definition) is 1. The number of fused-ring (bicyclic) bond motifs is 1. The van der Waals surface area contributed by atoms with Crippen molar-refractivity contribution < 1.29 is 13.6 Å². The summed E-state index contributed by atoms with van der Waals surface area (Å²) >= 11 is 0. The first-order valence-corrected chi connectivity index (χ1v) is 9.05. The van der Waals surface area contributed by atoms with Crippen molar-refractivity contribution in [3.63, 3.8) is 0 Å². The molecule has 7 heteroatoms. The van der Waals surface area contributed by atoms with Gasteiger partial charge < -0.3 is 14.3 Å². The Morgan fingerprint density at radius 2 is 1.86 bits per heavy atom. The van der Waals surface area contributed by atoms with E-state index in [1.165, 1.54) is 12.1 Å². The maximum absolute atomic E-state index is 13.1. The van der Waals surface area contributed by atoms with E-state index in [0.29, 0.717) is 24.0 Å². The molecule has 0 bridgehead atoms. The number of aryl methyl sites for hydroxylation is 1. The van der Waals surface area contributed by atoms with E-state index in [0.717, 1.165) is 11.1 Å². The summed E-state index contributed by atoms with van der Waals surface area (Å²) in [6.07, 6.45) is 5.35. The van der Waals surface area contributed by atoms with Gasteiger partial charge in [0.2, 0.25) is 5.43 Å². The molecule has 0 fully saturated rings. The number of carbonyl (C=O) groups is 1. The first-order valence-electron chi connectivity index (χ1n) is 9.05. The molecule has 1 N–H and O–H groups in total. The molecule has 0 saturated heterocycles. The zero-order valence-corrected chi connectivity index (χ0v) is 15.7. The lowest BCUT2D eigenvalue weighted by Crippen LogP contribution is -2.22. The highest BCUT2D eigenvalue weighted by Crippen LogP contribution is 2.18. The molecule has 0 unspecified atom stereocenters. The second-order valence-electron chi connectivity index (χ2n) is 6.76. The van der Waals surface area contributed by atoms with Gasteiger partial charge in [0, 0.05) is 50.2 Å². The van der Waals surface area contributed by atoms with Crippen LogP contribution in [0.4, 0.5) is 4.39 Å². The van der Waals surface area contributed by atoms with Crippen LogP contribution in [0.2, 0.25) is 0 Å². The first kappa shape index (κ1) is 18.6. The number of aromatic nitrogens is 2. The molecule has 0 aliphatic carbocycles. The predicted molar refractivity (Wildman–Crippen MR) is 106 cm³/mol. The number of halogens is 1. The minimum Gasteiger partial charge on any atom is -0.445 e. The normalized spacial score (nSPS) is 11.0. The Kier molecular flexibility index (Phi) is 4.95. The zero-order chi connectivity index (χ0) is 20.4. The molecule has 0 atom stereocenters. The second-order valence-corrected chi connectivity index (χ2v) is 6.76. The molecule has 0 saturated carbocycles. The van der Waals surface area contributed by atoms with E-state index in [1.807, 2.05) is 0 Å². The Morgan fingerprint density at radius 3 is 2.59 bits per heavy atom. The molecule has 3 aromatic heterocycles. The van der Waals surface area contributed by atoms with Crippen molar-refractivity contribution in [3.05, 3.63) is 99.5 Å². The fourth-order valence-corrected chi connectivity index (χ4v) is 3.14. The fourth-order valence-electron chi connectivity index (χ4n) is 3.14. The molecule has 146 valence electrons. The van der Waals surface area contributed by atoms with Crippen LogP contribution in [0, 0.1) is 5.82 Å². The molecule has 6 nitrogen and oxygen atoms in total. The van der Waals surface area contributed by atoms with Gasteiger partial charge in [-0.15, -0.1) is 0 Å². The van der Waals surface area contributed by atoms with E-state index >= 15 is 0 Å². The molecule has 1 aromatic carbocycles. The summed E-state index contributed by atoms with van der Waals surface area (Å²) in [5.41, 5.74) is 2.60. The van der Waals surface area contributed by atoms with Crippen LogP contribution in [0.5, 0.6) is 0 Å². The summed E-state index contributed by atoms with van der Waals surface area (Å²) in [6.45, 7) is 0.324. The maximum Gasteiger partial charge on any atom is 0.287 e. The van der Waals surface area contributed by atoms with Gasteiger partial charge in [-0.05, 0) is 35.4 Å². The molecular weight excluding hydrogens is 373 g/mol.